The lowest BCUT2D eigenvalue weighted by Gasteiger charge is -2.23. The molecule has 0 aliphatic heterocycles. The first kappa shape index (κ1) is 18.6. The number of alkyl halides is 2. The lowest BCUT2D eigenvalue weighted by molar-refractivity contribution is -0.140. The van der Waals surface area contributed by atoms with Crippen molar-refractivity contribution in [3.8, 4) is 0 Å². The normalized spacial score (nSPS) is 13.7. The largest absolute Gasteiger partial charge is 0.480 e. The van der Waals surface area contributed by atoms with Gasteiger partial charge in [-0.25, -0.2) is 13.6 Å². The fourth-order valence-corrected chi connectivity index (χ4v) is 1.26. The van der Waals surface area contributed by atoms with Crippen molar-refractivity contribution >= 4 is 12.1 Å². The number of rotatable bonds is 7. The summed E-state index contributed by atoms with van der Waals surface area (Å²) < 4.78 is 31.7. The Labute approximate surface area is 116 Å². The number of carbonyl (C=O) groups excluding carboxylic acids is 1. The second-order valence-corrected chi connectivity index (χ2v) is 5.39. The van der Waals surface area contributed by atoms with Gasteiger partial charge in [0.15, 0.2) is 0 Å². The zero-order valence-corrected chi connectivity index (χ0v) is 12.1. The number of aliphatic carboxylic acids is 1. The summed E-state index contributed by atoms with van der Waals surface area (Å²) in [6.07, 6.45) is -0.757. The van der Waals surface area contributed by atoms with E-state index in [-0.39, 0.29) is 6.42 Å². The SMILES string of the molecule is CCC(NCC(F)(F)CNC(=O)OC(C)(C)C)C(=O)O. The van der Waals surface area contributed by atoms with Gasteiger partial charge in [-0.2, -0.15) is 0 Å². The Morgan fingerprint density at radius 1 is 1.25 bits per heavy atom. The zero-order chi connectivity index (χ0) is 16.0. The number of ether oxygens (including phenoxy) is 1. The smallest absolute Gasteiger partial charge is 0.407 e. The van der Waals surface area contributed by atoms with Crippen molar-refractivity contribution in [2.24, 2.45) is 0 Å². The second-order valence-electron chi connectivity index (χ2n) is 5.39. The number of carboxylic acids is 1. The van der Waals surface area contributed by atoms with E-state index in [1.54, 1.807) is 27.7 Å². The van der Waals surface area contributed by atoms with E-state index in [1.165, 1.54) is 0 Å². The average molecular weight is 296 g/mol. The highest BCUT2D eigenvalue weighted by Gasteiger charge is 2.32. The second kappa shape index (κ2) is 7.37. The third-order valence-electron chi connectivity index (χ3n) is 2.20. The number of halogens is 2. The highest BCUT2D eigenvalue weighted by molar-refractivity contribution is 5.73. The molecule has 20 heavy (non-hydrogen) atoms. The summed E-state index contributed by atoms with van der Waals surface area (Å²) in [6.45, 7) is 4.66. The lowest BCUT2D eigenvalue weighted by atomic mass is 10.2. The van der Waals surface area contributed by atoms with Crippen LogP contribution in [0.1, 0.15) is 34.1 Å². The minimum absolute atomic E-state index is 0.185. The third kappa shape index (κ3) is 8.63. The number of carboxylic acid groups (broad SMARTS) is 1. The summed E-state index contributed by atoms with van der Waals surface area (Å²) in [4.78, 5) is 21.9. The van der Waals surface area contributed by atoms with E-state index in [0.717, 1.165) is 0 Å². The molecule has 1 unspecified atom stereocenters. The number of carbonyl (C=O) groups is 2. The molecular formula is C12H22F2N2O4. The van der Waals surface area contributed by atoms with Crippen molar-refractivity contribution in [2.45, 2.75) is 51.7 Å². The van der Waals surface area contributed by atoms with E-state index in [2.05, 4.69) is 5.32 Å². The van der Waals surface area contributed by atoms with Gasteiger partial charge in [0.05, 0.1) is 13.1 Å². The number of alkyl carbamates (subject to hydrolysis) is 1. The van der Waals surface area contributed by atoms with E-state index < -0.39 is 42.7 Å². The fraction of sp³-hybridized carbons (Fsp3) is 0.833. The Hall–Kier alpha value is -1.44. The Bertz CT molecular complexity index is 343. The van der Waals surface area contributed by atoms with Gasteiger partial charge in [-0.1, -0.05) is 6.92 Å². The van der Waals surface area contributed by atoms with Crippen LogP contribution in [0.2, 0.25) is 0 Å². The van der Waals surface area contributed by atoms with Crippen molar-refractivity contribution in [1.29, 1.82) is 0 Å². The van der Waals surface area contributed by atoms with Crippen LogP contribution in [0.5, 0.6) is 0 Å². The van der Waals surface area contributed by atoms with Gasteiger partial charge < -0.3 is 15.2 Å². The monoisotopic (exact) mass is 296 g/mol. The van der Waals surface area contributed by atoms with Crippen LogP contribution in [0.4, 0.5) is 13.6 Å². The van der Waals surface area contributed by atoms with Gasteiger partial charge in [0, 0.05) is 0 Å². The summed E-state index contributed by atoms with van der Waals surface area (Å²) in [5, 5.41) is 12.9. The molecule has 0 saturated heterocycles. The standard InChI is InChI=1S/C12H22F2N2O4/c1-5-8(9(17)18)15-6-12(13,14)7-16-10(19)20-11(2,3)4/h8,15H,5-7H2,1-4H3,(H,16,19)(H,17,18). The van der Waals surface area contributed by atoms with Crippen molar-refractivity contribution in [2.75, 3.05) is 13.1 Å². The number of hydrogen-bond acceptors (Lipinski definition) is 4. The Morgan fingerprint density at radius 3 is 2.20 bits per heavy atom. The average Bonchev–Trinajstić information content (AvgIpc) is 2.24. The van der Waals surface area contributed by atoms with Crippen molar-refractivity contribution in [3.05, 3.63) is 0 Å². The molecule has 0 aliphatic rings. The molecule has 0 aromatic rings. The molecule has 0 radical (unpaired) electrons. The van der Waals surface area contributed by atoms with Crippen LogP contribution in [0.15, 0.2) is 0 Å². The number of amides is 1. The lowest BCUT2D eigenvalue weighted by Crippen LogP contribution is -2.48. The predicted octanol–water partition coefficient (Wildman–Crippen LogP) is 1.60. The molecule has 1 atom stereocenters. The van der Waals surface area contributed by atoms with Gasteiger partial charge in [0.25, 0.3) is 5.92 Å². The maximum Gasteiger partial charge on any atom is 0.407 e. The van der Waals surface area contributed by atoms with Crippen LogP contribution in [-0.4, -0.2) is 47.8 Å². The molecule has 0 rings (SSSR count). The minimum Gasteiger partial charge on any atom is -0.480 e. The van der Waals surface area contributed by atoms with E-state index >= 15 is 0 Å². The van der Waals surface area contributed by atoms with E-state index in [0.29, 0.717) is 0 Å². The van der Waals surface area contributed by atoms with Crippen LogP contribution >= 0.6 is 0 Å². The first-order valence-electron chi connectivity index (χ1n) is 6.27. The third-order valence-corrected chi connectivity index (χ3v) is 2.20. The van der Waals surface area contributed by atoms with Crippen LogP contribution in [0.3, 0.4) is 0 Å². The molecule has 0 bridgehead atoms. The molecule has 1 amide bonds. The summed E-state index contributed by atoms with van der Waals surface area (Å²) in [7, 11) is 0. The van der Waals surface area contributed by atoms with Crippen LogP contribution < -0.4 is 10.6 Å². The Balaban J connectivity index is 4.19. The molecule has 0 heterocycles. The fourth-order valence-electron chi connectivity index (χ4n) is 1.26. The highest BCUT2D eigenvalue weighted by atomic mass is 19.3. The molecule has 6 nitrogen and oxygen atoms in total. The Kier molecular flexibility index (Phi) is 6.84. The zero-order valence-electron chi connectivity index (χ0n) is 12.1. The van der Waals surface area contributed by atoms with Crippen molar-refractivity contribution in [3.63, 3.8) is 0 Å². The number of hydrogen-bond donors (Lipinski definition) is 3. The molecule has 8 heteroatoms. The van der Waals surface area contributed by atoms with Gasteiger partial charge in [-0.15, -0.1) is 0 Å². The van der Waals surface area contributed by atoms with Crippen LogP contribution in [-0.2, 0) is 9.53 Å². The summed E-state index contributed by atoms with van der Waals surface area (Å²) in [5.74, 6) is -4.46. The highest BCUT2D eigenvalue weighted by Crippen LogP contribution is 2.12. The van der Waals surface area contributed by atoms with Crippen molar-refractivity contribution < 1.29 is 28.2 Å². The first-order chi connectivity index (χ1) is 8.97. The molecule has 0 aromatic carbocycles. The minimum atomic E-state index is -3.26. The maximum absolute atomic E-state index is 13.5. The van der Waals surface area contributed by atoms with E-state index in [9.17, 15) is 18.4 Å². The molecule has 0 spiro atoms. The van der Waals surface area contributed by atoms with Gasteiger partial charge in [0.1, 0.15) is 11.6 Å². The molecular weight excluding hydrogens is 274 g/mol. The van der Waals surface area contributed by atoms with Gasteiger partial charge in [-0.05, 0) is 27.2 Å². The molecule has 0 saturated carbocycles. The first-order valence-corrected chi connectivity index (χ1v) is 6.27. The van der Waals surface area contributed by atoms with Crippen molar-refractivity contribution in [1.82, 2.24) is 10.6 Å². The summed E-state index contributed by atoms with van der Waals surface area (Å²) in [6, 6.07) is -1.04. The summed E-state index contributed by atoms with van der Waals surface area (Å²) in [5.41, 5.74) is -0.770. The maximum atomic E-state index is 13.5. The molecule has 0 aliphatic carbocycles. The topological polar surface area (TPSA) is 87.7 Å². The van der Waals surface area contributed by atoms with Gasteiger partial charge in [0.2, 0.25) is 0 Å². The van der Waals surface area contributed by atoms with E-state index in [1.807, 2.05) is 5.32 Å². The van der Waals surface area contributed by atoms with E-state index in [4.69, 9.17) is 9.84 Å². The summed E-state index contributed by atoms with van der Waals surface area (Å²) >= 11 is 0. The van der Waals surface area contributed by atoms with Gasteiger partial charge in [-0.3, -0.25) is 10.1 Å². The molecule has 0 fully saturated rings. The molecule has 0 aromatic heterocycles. The van der Waals surface area contributed by atoms with Crippen LogP contribution in [0.25, 0.3) is 0 Å². The van der Waals surface area contributed by atoms with Gasteiger partial charge >= 0.3 is 12.1 Å². The predicted molar refractivity (Wildman–Crippen MR) is 68.9 cm³/mol. The Morgan fingerprint density at radius 2 is 1.80 bits per heavy atom. The number of nitrogens with one attached hydrogen (secondary N) is 2. The molecule has 3 N–H and O–H groups in total. The molecule has 118 valence electrons. The van der Waals surface area contributed by atoms with Crippen LogP contribution in [0, 0.1) is 0 Å². The quantitative estimate of drug-likeness (QED) is 0.664.